The molecule has 0 bridgehead atoms. The van der Waals surface area contributed by atoms with E-state index in [-0.39, 0.29) is 5.91 Å². The number of carbonyl (C=O) groups excluding carboxylic acids is 1. The van der Waals surface area contributed by atoms with Crippen LogP contribution in [0, 0.1) is 6.92 Å². The molecule has 0 atom stereocenters. The molecule has 104 valence electrons. The van der Waals surface area contributed by atoms with Crippen LogP contribution in [-0.4, -0.2) is 42.0 Å². The first-order valence-corrected chi connectivity index (χ1v) is 7.10. The van der Waals surface area contributed by atoms with Crippen LogP contribution in [0.5, 0.6) is 0 Å². The van der Waals surface area contributed by atoms with Crippen LogP contribution in [0.3, 0.4) is 0 Å². The summed E-state index contributed by atoms with van der Waals surface area (Å²) in [5, 5.41) is 4.72. The maximum Gasteiger partial charge on any atom is 0.256 e. The van der Waals surface area contributed by atoms with E-state index in [0.29, 0.717) is 10.6 Å². The number of piperazine rings is 1. The van der Waals surface area contributed by atoms with Crippen molar-refractivity contribution >= 4 is 28.4 Å². The van der Waals surface area contributed by atoms with Gasteiger partial charge in [0.15, 0.2) is 0 Å². The second kappa shape index (κ2) is 5.38. The number of pyridine rings is 1. The molecule has 1 aliphatic heterocycles. The summed E-state index contributed by atoms with van der Waals surface area (Å²) in [6.07, 6.45) is 0. The molecule has 1 aromatic carbocycles. The van der Waals surface area contributed by atoms with E-state index in [0.717, 1.165) is 42.8 Å². The van der Waals surface area contributed by atoms with Crippen LogP contribution < -0.4 is 5.32 Å². The second-order valence-corrected chi connectivity index (χ2v) is 5.46. The fourth-order valence-electron chi connectivity index (χ4n) is 2.50. The Hall–Kier alpha value is -1.65. The summed E-state index contributed by atoms with van der Waals surface area (Å²) in [5.74, 6) is 0.0112. The zero-order valence-electron chi connectivity index (χ0n) is 11.3. The van der Waals surface area contributed by atoms with Gasteiger partial charge in [0, 0.05) is 42.3 Å². The minimum Gasteiger partial charge on any atom is -0.336 e. The average molecular weight is 290 g/mol. The lowest BCUT2D eigenvalue weighted by Gasteiger charge is -2.27. The SMILES string of the molecule is Cc1ccc2cc(Cl)cc(C(=O)N3CCNCC3)c2n1. The summed E-state index contributed by atoms with van der Waals surface area (Å²) in [6.45, 7) is 5.03. The highest BCUT2D eigenvalue weighted by atomic mass is 35.5. The van der Waals surface area contributed by atoms with Gasteiger partial charge in [0.25, 0.3) is 5.91 Å². The van der Waals surface area contributed by atoms with Gasteiger partial charge < -0.3 is 10.2 Å². The molecule has 1 N–H and O–H groups in total. The number of carbonyl (C=O) groups is 1. The van der Waals surface area contributed by atoms with Crippen molar-refractivity contribution in [3.8, 4) is 0 Å². The van der Waals surface area contributed by atoms with Crippen LogP contribution in [-0.2, 0) is 0 Å². The maximum absolute atomic E-state index is 12.7. The molecular weight excluding hydrogens is 274 g/mol. The molecule has 4 nitrogen and oxygen atoms in total. The monoisotopic (exact) mass is 289 g/mol. The van der Waals surface area contributed by atoms with Crippen molar-refractivity contribution in [2.24, 2.45) is 0 Å². The van der Waals surface area contributed by atoms with Crippen molar-refractivity contribution in [3.63, 3.8) is 0 Å². The third kappa shape index (κ3) is 2.49. The molecule has 2 aromatic rings. The minimum atomic E-state index is 0.0112. The molecule has 0 radical (unpaired) electrons. The van der Waals surface area contributed by atoms with Crippen LogP contribution >= 0.6 is 11.6 Å². The van der Waals surface area contributed by atoms with E-state index in [2.05, 4.69) is 10.3 Å². The summed E-state index contributed by atoms with van der Waals surface area (Å²) in [7, 11) is 0. The third-order valence-corrected chi connectivity index (χ3v) is 3.75. The molecule has 0 aliphatic carbocycles. The molecule has 1 saturated heterocycles. The molecular formula is C15H16ClN3O. The van der Waals surface area contributed by atoms with Crippen molar-refractivity contribution in [2.75, 3.05) is 26.2 Å². The first-order chi connectivity index (χ1) is 9.65. The molecule has 2 heterocycles. The molecule has 1 aliphatic rings. The summed E-state index contributed by atoms with van der Waals surface area (Å²) in [6, 6.07) is 7.45. The number of hydrogen-bond acceptors (Lipinski definition) is 3. The molecule has 3 rings (SSSR count). The lowest BCUT2D eigenvalue weighted by atomic mass is 10.1. The Bertz CT molecular complexity index is 665. The van der Waals surface area contributed by atoms with Crippen LogP contribution in [0.25, 0.3) is 10.9 Å². The molecule has 1 aromatic heterocycles. The molecule has 0 spiro atoms. The zero-order chi connectivity index (χ0) is 14.1. The fraction of sp³-hybridized carbons (Fsp3) is 0.333. The van der Waals surface area contributed by atoms with Gasteiger partial charge >= 0.3 is 0 Å². The minimum absolute atomic E-state index is 0.0112. The summed E-state index contributed by atoms with van der Waals surface area (Å²) in [4.78, 5) is 19.0. The van der Waals surface area contributed by atoms with Gasteiger partial charge in [-0.15, -0.1) is 0 Å². The number of halogens is 1. The van der Waals surface area contributed by atoms with Gasteiger partial charge in [-0.2, -0.15) is 0 Å². The highest BCUT2D eigenvalue weighted by Crippen LogP contribution is 2.24. The number of amides is 1. The van der Waals surface area contributed by atoms with Crippen LogP contribution in [0.15, 0.2) is 24.3 Å². The van der Waals surface area contributed by atoms with Gasteiger partial charge in [-0.1, -0.05) is 17.7 Å². The van der Waals surface area contributed by atoms with E-state index in [1.807, 2.05) is 30.0 Å². The summed E-state index contributed by atoms with van der Waals surface area (Å²) < 4.78 is 0. The van der Waals surface area contributed by atoms with E-state index < -0.39 is 0 Å². The van der Waals surface area contributed by atoms with E-state index in [1.165, 1.54) is 0 Å². The fourth-order valence-corrected chi connectivity index (χ4v) is 2.72. The molecule has 1 amide bonds. The number of nitrogens with zero attached hydrogens (tertiary/aromatic N) is 2. The highest BCUT2D eigenvalue weighted by molar-refractivity contribution is 6.32. The average Bonchev–Trinajstić information content (AvgIpc) is 2.47. The lowest BCUT2D eigenvalue weighted by Crippen LogP contribution is -2.46. The smallest absolute Gasteiger partial charge is 0.256 e. The largest absolute Gasteiger partial charge is 0.336 e. The summed E-state index contributed by atoms with van der Waals surface area (Å²) in [5.41, 5.74) is 2.23. The van der Waals surface area contributed by atoms with Gasteiger partial charge in [-0.25, -0.2) is 0 Å². The van der Waals surface area contributed by atoms with Crippen LogP contribution in [0.2, 0.25) is 5.02 Å². The zero-order valence-corrected chi connectivity index (χ0v) is 12.1. The number of hydrogen-bond donors (Lipinski definition) is 1. The van der Waals surface area contributed by atoms with Gasteiger partial charge in [0.2, 0.25) is 0 Å². The van der Waals surface area contributed by atoms with Crippen LogP contribution in [0.4, 0.5) is 0 Å². The first kappa shape index (κ1) is 13.3. The molecule has 1 fully saturated rings. The van der Waals surface area contributed by atoms with Gasteiger partial charge in [0.1, 0.15) is 0 Å². The number of aromatic nitrogens is 1. The number of fused-ring (bicyclic) bond motifs is 1. The van der Waals surface area contributed by atoms with Crippen molar-refractivity contribution in [1.82, 2.24) is 15.2 Å². The third-order valence-electron chi connectivity index (χ3n) is 3.53. The number of nitrogens with one attached hydrogen (secondary N) is 1. The van der Waals surface area contributed by atoms with Crippen LogP contribution in [0.1, 0.15) is 16.1 Å². The molecule has 0 unspecified atom stereocenters. The Morgan fingerprint density at radius 2 is 2.05 bits per heavy atom. The van der Waals surface area contributed by atoms with Crippen molar-refractivity contribution < 1.29 is 4.79 Å². The highest BCUT2D eigenvalue weighted by Gasteiger charge is 2.21. The Morgan fingerprint density at radius 1 is 1.30 bits per heavy atom. The Kier molecular flexibility index (Phi) is 3.59. The van der Waals surface area contributed by atoms with Gasteiger partial charge in [-0.3, -0.25) is 9.78 Å². The normalized spacial score (nSPS) is 15.6. The topological polar surface area (TPSA) is 45.2 Å². The van der Waals surface area contributed by atoms with E-state index in [9.17, 15) is 4.79 Å². The number of rotatable bonds is 1. The first-order valence-electron chi connectivity index (χ1n) is 6.72. The van der Waals surface area contributed by atoms with Crippen molar-refractivity contribution in [1.29, 1.82) is 0 Å². The quantitative estimate of drug-likeness (QED) is 0.876. The number of aryl methyl sites for hydroxylation is 1. The second-order valence-electron chi connectivity index (χ2n) is 5.02. The number of benzene rings is 1. The van der Waals surface area contributed by atoms with E-state index in [1.54, 1.807) is 6.07 Å². The predicted molar refractivity (Wildman–Crippen MR) is 80.3 cm³/mol. The molecule has 0 saturated carbocycles. The standard InChI is InChI=1S/C15H16ClN3O/c1-10-2-3-11-8-12(16)9-13(14(11)18-10)15(20)19-6-4-17-5-7-19/h2-3,8-9,17H,4-7H2,1H3. The van der Waals surface area contributed by atoms with E-state index in [4.69, 9.17) is 11.6 Å². The molecule has 20 heavy (non-hydrogen) atoms. The lowest BCUT2D eigenvalue weighted by molar-refractivity contribution is 0.0737. The van der Waals surface area contributed by atoms with Gasteiger partial charge in [0.05, 0.1) is 11.1 Å². The van der Waals surface area contributed by atoms with E-state index >= 15 is 0 Å². The maximum atomic E-state index is 12.7. The van der Waals surface area contributed by atoms with Crippen molar-refractivity contribution in [2.45, 2.75) is 6.92 Å². The van der Waals surface area contributed by atoms with Crippen molar-refractivity contribution in [3.05, 3.63) is 40.5 Å². The van der Waals surface area contributed by atoms with Gasteiger partial charge in [-0.05, 0) is 25.1 Å². The Morgan fingerprint density at radius 3 is 2.80 bits per heavy atom. The predicted octanol–water partition coefficient (Wildman–Crippen LogP) is 2.24. The molecule has 5 heteroatoms. The Labute approximate surface area is 122 Å². The Balaban J connectivity index is 2.09. The summed E-state index contributed by atoms with van der Waals surface area (Å²) >= 11 is 6.14.